The summed E-state index contributed by atoms with van der Waals surface area (Å²) in [5, 5.41) is 8.14. The Morgan fingerprint density at radius 1 is 0.853 bits per heavy atom. The Morgan fingerprint density at radius 2 is 1.59 bits per heavy atom. The number of furan rings is 1. The lowest BCUT2D eigenvalue weighted by Gasteiger charge is -2.30. The molecular weight excluding hydrogens is 450 g/mol. The standard InChI is InChI=1S/C27H23N3O3.ClH/c31-26-23(20-6-3-4-15-10-11-33-25(15)20)24(27(32)29-26)21-14-30(22-7-2-1-5-19(21)22)18-12-16-8-9-17(13-18)28-16;/h1-7,10-11,14,16-18,28H,8-9,12-13H2,(H,29,31,32);1H. The maximum absolute atomic E-state index is 13.1. The van der Waals surface area contributed by atoms with Crippen molar-refractivity contribution in [3.8, 4) is 0 Å². The van der Waals surface area contributed by atoms with E-state index in [-0.39, 0.29) is 24.2 Å². The summed E-state index contributed by atoms with van der Waals surface area (Å²) in [6.45, 7) is 0. The molecule has 0 radical (unpaired) electrons. The molecule has 34 heavy (non-hydrogen) atoms. The molecule has 2 N–H and O–H groups in total. The monoisotopic (exact) mass is 473 g/mol. The van der Waals surface area contributed by atoms with Crippen molar-refractivity contribution in [1.29, 1.82) is 0 Å². The van der Waals surface area contributed by atoms with E-state index in [0.717, 1.165) is 34.7 Å². The molecule has 0 spiro atoms. The highest BCUT2D eigenvalue weighted by molar-refractivity contribution is 6.50. The van der Waals surface area contributed by atoms with Gasteiger partial charge in [0.2, 0.25) is 0 Å². The molecule has 2 atom stereocenters. The molecule has 5 heterocycles. The maximum Gasteiger partial charge on any atom is 0.259 e. The number of imide groups is 1. The number of para-hydroxylation sites is 2. The normalized spacial score (nSPS) is 24.2. The van der Waals surface area contributed by atoms with Crippen molar-refractivity contribution in [3.63, 3.8) is 0 Å². The Hall–Kier alpha value is -3.35. The predicted octanol–water partition coefficient (Wildman–Crippen LogP) is 4.83. The van der Waals surface area contributed by atoms with E-state index in [1.165, 1.54) is 12.8 Å². The van der Waals surface area contributed by atoms with Gasteiger partial charge in [-0.3, -0.25) is 14.9 Å². The molecule has 2 bridgehead atoms. The minimum atomic E-state index is -0.379. The summed E-state index contributed by atoms with van der Waals surface area (Å²) >= 11 is 0. The van der Waals surface area contributed by atoms with Crippen molar-refractivity contribution in [1.82, 2.24) is 15.2 Å². The molecule has 2 aromatic heterocycles. The number of carbonyl (C=O) groups is 2. The fourth-order valence-corrected chi connectivity index (χ4v) is 6.12. The van der Waals surface area contributed by atoms with Crippen LogP contribution in [0, 0.1) is 0 Å². The Bertz CT molecular complexity index is 1490. The van der Waals surface area contributed by atoms with Crippen molar-refractivity contribution in [2.75, 3.05) is 0 Å². The fourth-order valence-electron chi connectivity index (χ4n) is 6.12. The summed E-state index contributed by atoms with van der Waals surface area (Å²) in [7, 11) is 0. The average molecular weight is 474 g/mol. The molecule has 2 fully saturated rings. The van der Waals surface area contributed by atoms with Crippen molar-refractivity contribution >= 4 is 57.2 Å². The van der Waals surface area contributed by atoms with Gasteiger partial charge in [0, 0.05) is 51.7 Å². The van der Waals surface area contributed by atoms with E-state index in [2.05, 4.69) is 27.5 Å². The lowest BCUT2D eigenvalue weighted by molar-refractivity contribution is -0.122. The number of rotatable bonds is 3. The maximum atomic E-state index is 13.1. The van der Waals surface area contributed by atoms with Gasteiger partial charge in [-0.05, 0) is 37.8 Å². The first-order chi connectivity index (χ1) is 16.2. The number of hydrogen-bond acceptors (Lipinski definition) is 4. The highest BCUT2D eigenvalue weighted by Gasteiger charge is 2.38. The molecule has 7 heteroatoms. The van der Waals surface area contributed by atoms with Crippen LogP contribution in [0.15, 0.2) is 65.4 Å². The van der Waals surface area contributed by atoms with E-state index in [4.69, 9.17) is 4.42 Å². The topological polar surface area (TPSA) is 76.3 Å². The second kappa shape index (κ2) is 7.86. The Kier molecular flexibility index (Phi) is 4.90. The summed E-state index contributed by atoms with van der Waals surface area (Å²) in [4.78, 5) is 26.2. The van der Waals surface area contributed by atoms with Crippen molar-refractivity contribution in [2.24, 2.45) is 0 Å². The average Bonchev–Trinajstić information content (AvgIpc) is 3.58. The summed E-state index contributed by atoms with van der Waals surface area (Å²) in [6, 6.07) is 17.2. The van der Waals surface area contributed by atoms with E-state index in [1.807, 2.05) is 42.5 Å². The summed E-state index contributed by atoms with van der Waals surface area (Å²) in [5.74, 6) is -0.734. The molecule has 0 aliphatic carbocycles. The SMILES string of the molecule is Cl.O=C1NC(=O)C(c2cccc3ccoc23)=C1c1cn(C2CC3CCC(C2)N3)c2ccccc12. The number of nitrogens with zero attached hydrogens (tertiary/aromatic N) is 1. The van der Waals surface area contributed by atoms with Gasteiger partial charge in [0.25, 0.3) is 11.8 Å². The zero-order valence-electron chi connectivity index (χ0n) is 18.4. The number of hydrogen-bond donors (Lipinski definition) is 2. The van der Waals surface area contributed by atoms with Crippen LogP contribution in [0.3, 0.4) is 0 Å². The quantitative estimate of drug-likeness (QED) is 0.418. The highest BCUT2D eigenvalue weighted by Crippen LogP contribution is 2.41. The van der Waals surface area contributed by atoms with E-state index >= 15 is 0 Å². The van der Waals surface area contributed by atoms with Crippen LogP contribution in [-0.2, 0) is 9.59 Å². The Balaban J connectivity index is 0.00000217. The highest BCUT2D eigenvalue weighted by atomic mass is 35.5. The van der Waals surface area contributed by atoms with E-state index in [9.17, 15) is 9.59 Å². The molecule has 0 saturated carbocycles. The molecule has 172 valence electrons. The van der Waals surface area contributed by atoms with E-state index in [1.54, 1.807) is 6.26 Å². The minimum Gasteiger partial charge on any atom is -0.464 e. The number of carbonyl (C=O) groups excluding carboxylic acids is 2. The second-order valence-electron chi connectivity index (χ2n) is 9.41. The van der Waals surface area contributed by atoms with Crippen LogP contribution >= 0.6 is 12.4 Å². The first-order valence-corrected chi connectivity index (χ1v) is 11.6. The largest absolute Gasteiger partial charge is 0.464 e. The molecule has 7 rings (SSSR count). The third-order valence-corrected chi connectivity index (χ3v) is 7.53. The van der Waals surface area contributed by atoms with Crippen LogP contribution in [0.2, 0.25) is 0 Å². The number of aromatic nitrogens is 1. The van der Waals surface area contributed by atoms with Crippen molar-refractivity contribution in [3.05, 3.63) is 72.1 Å². The van der Waals surface area contributed by atoms with E-state index < -0.39 is 0 Å². The molecule has 3 aliphatic heterocycles. The van der Waals surface area contributed by atoms with Gasteiger partial charge in [-0.15, -0.1) is 12.4 Å². The minimum absolute atomic E-state index is 0. The van der Waals surface area contributed by atoms with Crippen LogP contribution in [0.1, 0.15) is 42.9 Å². The van der Waals surface area contributed by atoms with Gasteiger partial charge in [-0.1, -0.05) is 36.4 Å². The number of fused-ring (bicyclic) bond motifs is 4. The van der Waals surface area contributed by atoms with Crippen molar-refractivity contribution < 1.29 is 14.0 Å². The third-order valence-electron chi connectivity index (χ3n) is 7.53. The summed E-state index contributed by atoms with van der Waals surface area (Å²) in [5.41, 5.74) is 3.98. The first kappa shape index (κ1) is 21.2. The number of benzene rings is 2. The van der Waals surface area contributed by atoms with Gasteiger partial charge in [-0.25, -0.2) is 0 Å². The van der Waals surface area contributed by atoms with Gasteiger partial charge in [0.05, 0.1) is 17.4 Å². The lowest BCUT2D eigenvalue weighted by atomic mass is 9.95. The number of amides is 2. The van der Waals surface area contributed by atoms with Crippen molar-refractivity contribution in [2.45, 2.75) is 43.8 Å². The van der Waals surface area contributed by atoms with Crippen LogP contribution in [0.5, 0.6) is 0 Å². The summed E-state index contributed by atoms with van der Waals surface area (Å²) in [6.07, 6.45) is 8.32. The number of nitrogens with one attached hydrogen (secondary N) is 2. The predicted molar refractivity (Wildman–Crippen MR) is 134 cm³/mol. The van der Waals surface area contributed by atoms with E-state index in [0.29, 0.717) is 40.4 Å². The fraction of sp³-hybridized carbons (Fsp3) is 0.259. The third kappa shape index (κ3) is 3.06. The zero-order chi connectivity index (χ0) is 22.1. The van der Waals surface area contributed by atoms with Gasteiger partial charge in [-0.2, -0.15) is 0 Å². The first-order valence-electron chi connectivity index (χ1n) is 11.6. The zero-order valence-corrected chi connectivity index (χ0v) is 19.2. The van der Waals surface area contributed by atoms with Gasteiger partial charge in [0.1, 0.15) is 5.58 Å². The molecule has 4 aromatic rings. The molecule has 2 aromatic carbocycles. The number of piperidine rings is 1. The van der Waals surface area contributed by atoms with Gasteiger partial charge < -0.3 is 14.3 Å². The van der Waals surface area contributed by atoms with Gasteiger partial charge in [0.15, 0.2) is 0 Å². The molecule has 3 aliphatic rings. The van der Waals surface area contributed by atoms with Crippen LogP contribution in [-0.4, -0.2) is 28.5 Å². The molecule has 2 amide bonds. The number of halogens is 1. The van der Waals surface area contributed by atoms with Crippen LogP contribution in [0.4, 0.5) is 0 Å². The lowest BCUT2D eigenvalue weighted by Crippen LogP contribution is -2.38. The Morgan fingerprint density at radius 3 is 2.38 bits per heavy atom. The smallest absolute Gasteiger partial charge is 0.259 e. The van der Waals surface area contributed by atoms with Crippen LogP contribution in [0.25, 0.3) is 33.0 Å². The second-order valence-corrected chi connectivity index (χ2v) is 9.41. The summed E-state index contributed by atoms with van der Waals surface area (Å²) < 4.78 is 8.05. The molecule has 2 unspecified atom stereocenters. The molecular formula is C27H24ClN3O3. The van der Waals surface area contributed by atoms with Gasteiger partial charge >= 0.3 is 0 Å². The molecule has 6 nitrogen and oxygen atoms in total. The van der Waals surface area contributed by atoms with Crippen LogP contribution < -0.4 is 10.6 Å². The molecule has 2 saturated heterocycles. The Labute approximate surface area is 202 Å².